The van der Waals surface area contributed by atoms with Crippen LogP contribution in [0.3, 0.4) is 0 Å². The van der Waals surface area contributed by atoms with Gasteiger partial charge in [0.05, 0.1) is 19.8 Å². The topological polar surface area (TPSA) is 84.9 Å². The van der Waals surface area contributed by atoms with Crippen LogP contribution in [-0.2, 0) is 19.1 Å². The number of hydrogen-bond donors (Lipinski definition) is 2. The molecule has 1 amide bonds. The van der Waals surface area contributed by atoms with Crippen molar-refractivity contribution in [3.63, 3.8) is 0 Å². The van der Waals surface area contributed by atoms with Crippen molar-refractivity contribution in [1.29, 1.82) is 0 Å². The molecule has 0 aromatic heterocycles. The van der Waals surface area contributed by atoms with Gasteiger partial charge in [-0.2, -0.15) is 0 Å². The van der Waals surface area contributed by atoms with Crippen LogP contribution >= 0.6 is 0 Å². The second-order valence-corrected chi connectivity index (χ2v) is 4.44. The highest BCUT2D eigenvalue weighted by atomic mass is 16.5. The van der Waals surface area contributed by atoms with Crippen molar-refractivity contribution in [3.8, 4) is 0 Å². The van der Waals surface area contributed by atoms with Crippen LogP contribution in [0.4, 0.5) is 0 Å². The van der Waals surface area contributed by atoms with E-state index in [1.54, 1.807) is 0 Å². The van der Waals surface area contributed by atoms with Crippen molar-refractivity contribution in [1.82, 2.24) is 5.32 Å². The molecule has 0 spiro atoms. The zero-order valence-electron chi connectivity index (χ0n) is 10.8. The lowest BCUT2D eigenvalue weighted by Gasteiger charge is -2.34. The SMILES string of the molecule is CCOC1CC(CC(=O)NC(CO)C(=O)OC)C1. The van der Waals surface area contributed by atoms with E-state index >= 15 is 0 Å². The Kier molecular flexibility index (Phi) is 6.07. The molecule has 0 saturated heterocycles. The Labute approximate surface area is 107 Å². The van der Waals surface area contributed by atoms with Crippen LogP contribution in [0.1, 0.15) is 26.2 Å². The Morgan fingerprint density at radius 2 is 2.11 bits per heavy atom. The van der Waals surface area contributed by atoms with Gasteiger partial charge >= 0.3 is 5.97 Å². The van der Waals surface area contributed by atoms with Crippen molar-refractivity contribution in [2.24, 2.45) is 5.92 Å². The third kappa shape index (κ3) is 4.27. The van der Waals surface area contributed by atoms with E-state index in [4.69, 9.17) is 9.84 Å². The third-order valence-corrected chi connectivity index (χ3v) is 3.07. The summed E-state index contributed by atoms with van der Waals surface area (Å²) in [5.74, 6) is -0.565. The molecular formula is C12H21NO5. The van der Waals surface area contributed by atoms with E-state index in [1.165, 1.54) is 7.11 Å². The van der Waals surface area contributed by atoms with Gasteiger partial charge in [-0.25, -0.2) is 4.79 Å². The van der Waals surface area contributed by atoms with Crippen LogP contribution in [0.2, 0.25) is 0 Å². The normalized spacial score (nSPS) is 23.9. The minimum Gasteiger partial charge on any atom is -0.467 e. The Morgan fingerprint density at radius 1 is 1.44 bits per heavy atom. The first-order valence-corrected chi connectivity index (χ1v) is 6.20. The molecule has 1 atom stereocenters. The molecule has 6 nitrogen and oxygen atoms in total. The first-order valence-electron chi connectivity index (χ1n) is 6.20. The Bertz CT molecular complexity index is 288. The van der Waals surface area contributed by atoms with E-state index in [0.29, 0.717) is 18.9 Å². The number of carbonyl (C=O) groups is 2. The second kappa shape index (κ2) is 7.33. The lowest BCUT2D eigenvalue weighted by molar-refractivity contribution is -0.146. The molecule has 2 N–H and O–H groups in total. The smallest absolute Gasteiger partial charge is 0.330 e. The number of methoxy groups -OCH3 is 1. The van der Waals surface area contributed by atoms with E-state index in [1.807, 2.05) is 6.92 Å². The summed E-state index contributed by atoms with van der Waals surface area (Å²) in [6.45, 7) is 2.19. The van der Waals surface area contributed by atoms with Crippen LogP contribution in [0, 0.1) is 5.92 Å². The molecule has 1 aliphatic rings. The maximum absolute atomic E-state index is 11.6. The standard InChI is InChI=1S/C12H21NO5/c1-3-18-9-4-8(5-9)6-11(15)13-10(7-14)12(16)17-2/h8-10,14H,3-7H2,1-2H3,(H,13,15). The predicted octanol–water partition coefficient (Wildman–Crippen LogP) is -0.158. The summed E-state index contributed by atoms with van der Waals surface area (Å²) in [6.07, 6.45) is 2.38. The molecule has 6 heteroatoms. The molecule has 0 aliphatic heterocycles. The first kappa shape index (κ1) is 14.9. The van der Waals surface area contributed by atoms with Crippen LogP contribution in [0.5, 0.6) is 0 Å². The summed E-state index contributed by atoms with van der Waals surface area (Å²) < 4.78 is 9.87. The van der Waals surface area contributed by atoms with Gasteiger partial charge in [-0.1, -0.05) is 0 Å². The van der Waals surface area contributed by atoms with Gasteiger partial charge in [-0.05, 0) is 25.7 Å². The third-order valence-electron chi connectivity index (χ3n) is 3.07. The molecule has 0 aromatic carbocycles. The molecule has 0 bridgehead atoms. The summed E-state index contributed by atoms with van der Waals surface area (Å²) in [6, 6.07) is -0.967. The summed E-state index contributed by atoms with van der Waals surface area (Å²) in [4.78, 5) is 22.8. The van der Waals surface area contributed by atoms with Gasteiger partial charge in [0.15, 0.2) is 6.04 Å². The van der Waals surface area contributed by atoms with E-state index in [0.717, 1.165) is 12.8 Å². The molecule has 1 saturated carbocycles. The number of ether oxygens (including phenoxy) is 2. The van der Waals surface area contributed by atoms with E-state index in [2.05, 4.69) is 10.1 Å². The number of esters is 1. The summed E-state index contributed by atoms with van der Waals surface area (Å²) >= 11 is 0. The highest BCUT2D eigenvalue weighted by Gasteiger charge is 2.32. The molecule has 0 aromatic rings. The number of carbonyl (C=O) groups excluding carboxylic acids is 2. The summed E-state index contributed by atoms with van der Waals surface area (Å²) in [7, 11) is 1.22. The Morgan fingerprint density at radius 3 is 2.61 bits per heavy atom. The molecule has 1 aliphatic carbocycles. The molecule has 1 fully saturated rings. The van der Waals surface area contributed by atoms with Crippen LogP contribution < -0.4 is 5.32 Å². The van der Waals surface area contributed by atoms with Crippen molar-refractivity contribution < 1.29 is 24.2 Å². The molecule has 104 valence electrons. The first-order chi connectivity index (χ1) is 8.60. The highest BCUT2D eigenvalue weighted by Crippen LogP contribution is 2.32. The number of rotatable bonds is 7. The molecule has 18 heavy (non-hydrogen) atoms. The minimum atomic E-state index is -0.967. The quantitative estimate of drug-likeness (QED) is 0.621. The fraction of sp³-hybridized carbons (Fsp3) is 0.833. The van der Waals surface area contributed by atoms with Crippen LogP contribution in [0.15, 0.2) is 0 Å². The van der Waals surface area contributed by atoms with E-state index < -0.39 is 18.6 Å². The van der Waals surface area contributed by atoms with Crippen molar-refractivity contribution in [3.05, 3.63) is 0 Å². The van der Waals surface area contributed by atoms with E-state index in [9.17, 15) is 9.59 Å². The average Bonchev–Trinajstić information content (AvgIpc) is 2.32. The molecule has 1 unspecified atom stereocenters. The molecular weight excluding hydrogens is 238 g/mol. The fourth-order valence-corrected chi connectivity index (χ4v) is 2.05. The van der Waals surface area contributed by atoms with Gasteiger partial charge in [0.2, 0.25) is 5.91 Å². The van der Waals surface area contributed by atoms with Gasteiger partial charge in [0.25, 0.3) is 0 Å². The monoisotopic (exact) mass is 259 g/mol. The Hall–Kier alpha value is -1.14. The number of aliphatic hydroxyl groups is 1. The predicted molar refractivity (Wildman–Crippen MR) is 63.8 cm³/mol. The minimum absolute atomic E-state index is 0.237. The zero-order valence-corrected chi connectivity index (χ0v) is 10.8. The lowest BCUT2D eigenvalue weighted by atomic mass is 9.80. The zero-order chi connectivity index (χ0) is 13.5. The average molecular weight is 259 g/mol. The van der Waals surface area contributed by atoms with Crippen molar-refractivity contribution in [2.75, 3.05) is 20.3 Å². The van der Waals surface area contributed by atoms with Gasteiger partial charge in [0, 0.05) is 13.0 Å². The van der Waals surface area contributed by atoms with E-state index in [-0.39, 0.29) is 12.0 Å². The number of amides is 1. The maximum Gasteiger partial charge on any atom is 0.330 e. The van der Waals surface area contributed by atoms with Crippen LogP contribution in [-0.4, -0.2) is 49.5 Å². The number of aliphatic hydroxyl groups excluding tert-OH is 1. The number of nitrogens with one attached hydrogen (secondary N) is 1. The largest absolute Gasteiger partial charge is 0.467 e. The van der Waals surface area contributed by atoms with Gasteiger partial charge in [0.1, 0.15) is 0 Å². The number of hydrogen-bond acceptors (Lipinski definition) is 5. The van der Waals surface area contributed by atoms with Crippen LogP contribution in [0.25, 0.3) is 0 Å². The maximum atomic E-state index is 11.6. The molecule has 0 heterocycles. The molecule has 1 rings (SSSR count). The fourth-order valence-electron chi connectivity index (χ4n) is 2.05. The van der Waals surface area contributed by atoms with Crippen molar-refractivity contribution in [2.45, 2.75) is 38.3 Å². The van der Waals surface area contributed by atoms with Gasteiger partial charge in [-0.15, -0.1) is 0 Å². The highest BCUT2D eigenvalue weighted by molar-refractivity contribution is 5.84. The lowest BCUT2D eigenvalue weighted by Crippen LogP contribution is -2.45. The summed E-state index contributed by atoms with van der Waals surface area (Å²) in [5, 5.41) is 11.4. The van der Waals surface area contributed by atoms with Crippen molar-refractivity contribution >= 4 is 11.9 Å². The second-order valence-electron chi connectivity index (χ2n) is 4.44. The van der Waals surface area contributed by atoms with Gasteiger partial charge in [-0.3, -0.25) is 4.79 Å². The summed E-state index contributed by atoms with van der Waals surface area (Å²) in [5.41, 5.74) is 0. The Balaban J connectivity index is 2.23. The molecule has 0 radical (unpaired) electrons. The van der Waals surface area contributed by atoms with Gasteiger partial charge < -0.3 is 19.9 Å².